The molecule has 0 radical (unpaired) electrons. The highest BCUT2D eigenvalue weighted by molar-refractivity contribution is 6.32. The van der Waals surface area contributed by atoms with Crippen molar-refractivity contribution >= 4 is 22.5 Å². The summed E-state index contributed by atoms with van der Waals surface area (Å²) in [5.74, 6) is -0.217. The van der Waals surface area contributed by atoms with Crippen LogP contribution >= 0.6 is 11.6 Å². The van der Waals surface area contributed by atoms with E-state index in [1.807, 2.05) is 18.4 Å². The number of aromatic nitrogens is 1. The van der Waals surface area contributed by atoms with E-state index in [-0.39, 0.29) is 5.82 Å². The van der Waals surface area contributed by atoms with Crippen molar-refractivity contribution in [2.24, 2.45) is 0 Å². The fraction of sp³-hybridized carbons (Fsp3) is 0.273. The molecule has 74 valence electrons. The zero-order valence-electron chi connectivity index (χ0n) is 8.14. The Morgan fingerprint density at radius 1 is 1.43 bits per heavy atom. The molecular formula is C11H11ClFN. The predicted octanol–water partition coefficient (Wildman–Crippen LogP) is 3.76. The second kappa shape index (κ2) is 3.28. The van der Waals surface area contributed by atoms with Crippen molar-refractivity contribution in [3.63, 3.8) is 0 Å². The molecule has 3 heteroatoms. The van der Waals surface area contributed by atoms with E-state index in [1.54, 1.807) is 6.07 Å². The van der Waals surface area contributed by atoms with Crippen LogP contribution in [0.25, 0.3) is 10.9 Å². The van der Waals surface area contributed by atoms with Gasteiger partial charge < -0.3 is 4.57 Å². The highest BCUT2D eigenvalue weighted by Gasteiger charge is 2.11. The summed E-state index contributed by atoms with van der Waals surface area (Å²) < 4.78 is 15.0. The Morgan fingerprint density at radius 3 is 2.79 bits per heavy atom. The summed E-state index contributed by atoms with van der Waals surface area (Å²) in [6.45, 7) is 4.74. The van der Waals surface area contributed by atoms with Gasteiger partial charge in [-0.3, -0.25) is 0 Å². The zero-order chi connectivity index (χ0) is 10.3. The summed E-state index contributed by atoms with van der Waals surface area (Å²) in [5, 5.41) is 1.60. The molecule has 0 bridgehead atoms. The topological polar surface area (TPSA) is 4.93 Å². The van der Waals surface area contributed by atoms with E-state index in [4.69, 9.17) is 11.6 Å². The summed E-state index contributed by atoms with van der Waals surface area (Å²) in [5.41, 5.74) is 1.94. The lowest BCUT2D eigenvalue weighted by Crippen LogP contribution is -1.92. The van der Waals surface area contributed by atoms with Crippen LogP contribution in [0.1, 0.15) is 12.5 Å². The van der Waals surface area contributed by atoms with Gasteiger partial charge in [-0.15, -0.1) is 0 Å². The molecule has 0 saturated carbocycles. The molecule has 1 aromatic heterocycles. The van der Waals surface area contributed by atoms with Gasteiger partial charge in [-0.25, -0.2) is 4.39 Å². The van der Waals surface area contributed by atoms with Crippen molar-refractivity contribution < 1.29 is 4.39 Å². The molecule has 0 atom stereocenters. The minimum atomic E-state index is -0.217. The highest BCUT2D eigenvalue weighted by Crippen LogP contribution is 2.29. The van der Waals surface area contributed by atoms with Gasteiger partial charge in [-0.05, 0) is 37.6 Å². The van der Waals surface area contributed by atoms with Crippen LogP contribution < -0.4 is 0 Å². The fourth-order valence-electron chi connectivity index (χ4n) is 1.77. The van der Waals surface area contributed by atoms with Crippen molar-refractivity contribution in [2.45, 2.75) is 20.4 Å². The van der Waals surface area contributed by atoms with Crippen LogP contribution in [-0.4, -0.2) is 4.57 Å². The number of hydrogen-bond donors (Lipinski definition) is 0. The third-order valence-corrected chi connectivity index (χ3v) is 3.00. The Hall–Kier alpha value is -1.02. The maximum Gasteiger partial charge on any atom is 0.123 e. The molecule has 0 aliphatic heterocycles. The summed E-state index contributed by atoms with van der Waals surface area (Å²) in [7, 11) is 0. The van der Waals surface area contributed by atoms with Gasteiger partial charge in [-0.1, -0.05) is 11.6 Å². The normalized spacial score (nSPS) is 11.1. The number of aryl methyl sites for hydroxylation is 2. The molecule has 0 spiro atoms. The van der Waals surface area contributed by atoms with Gasteiger partial charge in [0.25, 0.3) is 0 Å². The Labute approximate surface area is 87.1 Å². The summed E-state index contributed by atoms with van der Waals surface area (Å²) >= 11 is 6.13. The molecule has 1 heterocycles. The molecule has 1 nitrogen and oxygen atoms in total. The molecule has 0 unspecified atom stereocenters. The minimum Gasteiger partial charge on any atom is -0.332 e. The average molecular weight is 212 g/mol. The number of rotatable bonds is 1. The lowest BCUT2D eigenvalue weighted by atomic mass is 10.2. The van der Waals surface area contributed by atoms with E-state index in [2.05, 4.69) is 0 Å². The Morgan fingerprint density at radius 2 is 2.14 bits per heavy atom. The first-order valence-corrected chi connectivity index (χ1v) is 4.96. The first kappa shape index (κ1) is 9.53. The van der Waals surface area contributed by atoms with Crippen molar-refractivity contribution in [2.75, 3.05) is 0 Å². The van der Waals surface area contributed by atoms with Crippen molar-refractivity contribution in [1.82, 2.24) is 4.57 Å². The summed E-state index contributed by atoms with van der Waals surface area (Å²) in [6, 6.07) is 4.76. The van der Waals surface area contributed by atoms with Crippen LogP contribution in [0, 0.1) is 12.7 Å². The van der Waals surface area contributed by atoms with E-state index < -0.39 is 0 Å². The molecule has 0 aliphatic carbocycles. The third-order valence-electron chi connectivity index (χ3n) is 2.52. The Kier molecular flexibility index (Phi) is 2.23. The molecular weight excluding hydrogens is 201 g/mol. The predicted molar refractivity (Wildman–Crippen MR) is 57.3 cm³/mol. The second-order valence-electron chi connectivity index (χ2n) is 3.32. The highest BCUT2D eigenvalue weighted by atomic mass is 35.5. The van der Waals surface area contributed by atoms with Crippen LogP contribution in [0.4, 0.5) is 4.39 Å². The van der Waals surface area contributed by atoms with Gasteiger partial charge in [0.2, 0.25) is 0 Å². The molecule has 1 aromatic carbocycles. The SMILES string of the molecule is CCn1c(Cl)c(C)c2cc(F)ccc21. The van der Waals surface area contributed by atoms with Crippen molar-refractivity contribution in [1.29, 1.82) is 0 Å². The molecule has 0 amide bonds. The lowest BCUT2D eigenvalue weighted by Gasteiger charge is -2.01. The van der Waals surface area contributed by atoms with Gasteiger partial charge in [0, 0.05) is 17.4 Å². The van der Waals surface area contributed by atoms with E-state index in [9.17, 15) is 4.39 Å². The number of hydrogen-bond acceptors (Lipinski definition) is 0. The lowest BCUT2D eigenvalue weighted by molar-refractivity contribution is 0.629. The number of nitrogens with zero attached hydrogens (tertiary/aromatic N) is 1. The molecule has 0 fully saturated rings. The Bertz CT molecular complexity index is 487. The number of fused-ring (bicyclic) bond motifs is 1. The van der Waals surface area contributed by atoms with Gasteiger partial charge in [0.15, 0.2) is 0 Å². The molecule has 0 saturated heterocycles. The van der Waals surface area contributed by atoms with Crippen LogP contribution in [0.3, 0.4) is 0 Å². The molecule has 2 rings (SSSR count). The maximum absolute atomic E-state index is 13.0. The first-order valence-electron chi connectivity index (χ1n) is 4.59. The zero-order valence-corrected chi connectivity index (χ0v) is 8.90. The van der Waals surface area contributed by atoms with Crippen LogP contribution in [0.2, 0.25) is 5.15 Å². The second-order valence-corrected chi connectivity index (χ2v) is 3.68. The van der Waals surface area contributed by atoms with E-state index >= 15 is 0 Å². The monoisotopic (exact) mass is 211 g/mol. The van der Waals surface area contributed by atoms with Crippen LogP contribution in [0.15, 0.2) is 18.2 Å². The molecule has 0 aliphatic rings. The van der Waals surface area contributed by atoms with Gasteiger partial charge >= 0.3 is 0 Å². The maximum atomic E-state index is 13.0. The standard InChI is InChI=1S/C11H11ClFN/c1-3-14-10-5-4-8(13)6-9(10)7(2)11(14)12/h4-6H,3H2,1-2H3. The van der Waals surface area contributed by atoms with Gasteiger partial charge in [-0.2, -0.15) is 0 Å². The van der Waals surface area contributed by atoms with Gasteiger partial charge in [0.1, 0.15) is 11.0 Å². The number of halogens is 2. The summed E-state index contributed by atoms with van der Waals surface area (Å²) in [6.07, 6.45) is 0. The van der Waals surface area contributed by atoms with Gasteiger partial charge in [0.05, 0.1) is 0 Å². The Balaban J connectivity index is 2.88. The minimum absolute atomic E-state index is 0.217. The van der Waals surface area contributed by atoms with Crippen molar-refractivity contribution in [3.8, 4) is 0 Å². The molecule has 14 heavy (non-hydrogen) atoms. The van der Waals surface area contributed by atoms with E-state index in [1.165, 1.54) is 12.1 Å². The smallest absolute Gasteiger partial charge is 0.123 e. The van der Waals surface area contributed by atoms with Crippen LogP contribution in [-0.2, 0) is 6.54 Å². The largest absolute Gasteiger partial charge is 0.332 e. The van der Waals surface area contributed by atoms with E-state index in [0.29, 0.717) is 5.15 Å². The first-order chi connectivity index (χ1) is 6.65. The quantitative estimate of drug-likeness (QED) is 0.677. The number of benzene rings is 1. The third kappa shape index (κ3) is 1.22. The van der Waals surface area contributed by atoms with Crippen LogP contribution in [0.5, 0.6) is 0 Å². The fourth-order valence-corrected chi connectivity index (χ4v) is 2.08. The average Bonchev–Trinajstić information content (AvgIpc) is 2.41. The molecule has 2 aromatic rings. The van der Waals surface area contributed by atoms with E-state index in [0.717, 1.165) is 23.0 Å². The van der Waals surface area contributed by atoms with Crippen molar-refractivity contribution in [3.05, 3.63) is 34.7 Å². The molecule has 0 N–H and O–H groups in total. The summed E-state index contributed by atoms with van der Waals surface area (Å²) in [4.78, 5) is 0.